The number of rotatable bonds is 4. The fourth-order valence-corrected chi connectivity index (χ4v) is 3.21. The van der Waals surface area contributed by atoms with Gasteiger partial charge in [-0.15, -0.1) is 0 Å². The molecule has 0 radical (unpaired) electrons. The van der Waals surface area contributed by atoms with Gasteiger partial charge in [-0.1, -0.05) is 12.8 Å². The first kappa shape index (κ1) is 17.6. The number of urea groups is 1. The van der Waals surface area contributed by atoms with Crippen LogP contribution in [0.2, 0.25) is 0 Å². The Balaban J connectivity index is 2.59. The van der Waals surface area contributed by atoms with Crippen molar-refractivity contribution in [2.24, 2.45) is 0 Å². The first-order chi connectivity index (χ1) is 9.86. The molecule has 0 aromatic carbocycles. The van der Waals surface area contributed by atoms with Gasteiger partial charge in [0.15, 0.2) is 0 Å². The van der Waals surface area contributed by atoms with Crippen LogP contribution in [0.25, 0.3) is 0 Å². The number of hydrogen-bond acceptors (Lipinski definition) is 4. The van der Waals surface area contributed by atoms with Crippen molar-refractivity contribution < 1.29 is 19.5 Å². The van der Waals surface area contributed by atoms with Crippen LogP contribution in [-0.4, -0.2) is 40.6 Å². The molecule has 0 aromatic rings. The van der Waals surface area contributed by atoms with Gasteiger partial charge in [0, 0.05) is 22.4 Å². The zero-order chi connectivity index (χ0) is 16.0. The lowest BCUT2D eigenvalue weighted by atomic mass is 9.95. The third-order valence-electron chi connectivity index (χ3n) is 3.77. The van der Waals surface area contributed by atoms with E-state index in [2.05, 4.69) is 10.6 Å². The topological polar surface area (TPSA) is 95.5 Å². The lowest BCUT2D eigenvalue weighted by molar-refractivity contribution is -0.133. The van der Waals surface area contributed by atoms with Gasteiger partial charge in [0.1, 0.15) is 0 Å². The van der Waals surface area contributed by atoms with E-state index < -0.39 is 17.9 Å². The summed E-state index contributed by atoms with van der Waals surface area (Å²) in [5, 5.41) is 14.2. The third kappa shape index (κ3) is 5.08. The molecule has 0 aromatic heterocycles. The molecule has 3 N–H and O–H groups in total. The summed E-state index contributed by atoms with van der Waals surface area (Å²) in [6, 6.07) is -0.519. The van der Waals surface area contributed by atoms with Crippen molar-refractivity contribution in [1.82, 2.24) is 10.6 Å². The van der Waals surface area contributed by atoms with Crippen LogP contribution in [0.4, 0.5) is 4.79 Å². The monoisotopic (exact) mass is 314 g/mol. The minimum atomic E-state index is -1.17. The standard InChI is InChI=1S/C14H22N2O4S/c1-8(9(2)13(18)19)12(17)16-14(20)15-10-6-4-5-7-11(10)21-3/h10-11H,4-7H2,1-3H3,(H,18,19)(H2,15,16,17,20). The summed E-state index contributed by atoms with van der Waals surface area (Å²) in [5.41, 5.74) is -0.0392. The van der Waals surface area contributed by atoms with E-state index in [0.717, 1.165) is 25.7 Å². The summed E-state index contributed by atoms with van der Waals surface area (Å²) >= 11 is 1.72. The van der Waals surface area contributed by atoms with E-state index in [-0.39, 0.29) is 17.2 Å². The summed E-state index contributed by atoms with van der Waals surface area (Å²) in [6.45, 7) is 2.72. The molecule has 6 nitrogen and oxygen atoms in total. The summed E-state index contributed by atoms with van der Waals surface area (Å²) < 4.78 is 0. The Kier molecular flexibility index (Phi) is 6.74. The number of nitrogens with one attached hydrogen (secondary N) is 2. The zero-order valence-electron chi connectivity index (χ0n) is 12.6. The van der Waals surface area contributed by atoms with E-state index in [4.69, 9.17) is 5.11 Å². The molecule has 0 bridgehead atoms. The smallest absolute Gasteiger partial charge is 0.331 e. The van der Waals surface area contributed by atoms with Crippen molar-refractivity contribution in [1.29, 1.82) is 0 Å². The maximum absolute atomic E-state index is 11.9. The van der Waals surface area contributed by atoms with Gasteiger partial charge in [0.25, 0.3) is 5.91 Å². The Morgan fingerprint density at radius 3 is 2.29 bits per heavy atom. The molecule has 1 aliphatic rings. The van der Waals surface area contributed by atoms with Crippen LogP contribution in [0, 0.1) is 0 Å². The minimum absolute atomic E-state index is 0.0303. The maximum atomic E-state index is 11.9. The van der Waals surface area contributed by atoms with E-state index in [0.29, 0.717) is 5.25 Å². The van der Waals surface area contributed by atoms with E-state index in [1.54, 1.807) is 11.8 Å². The molecular formula is C14H22N2O4S. The highest BCUT2D eigenvalue weighted by Gasteiger charge is 2.26. The molecule has 7 heteroatoms. The normalized spacial score (nSPS) is 23.0. The number of amides is 3. The fraction of sp³-hybridized carbons (Fsp3) is 0.643. The lowest BCUT2D eigenvalue weighted by Gasteiger charge is -2.30. The lowest BCUT2D eigenvalue weighted by Crippen LogP contribution is -2.49. The SMILES string of the molecule is CSC1CCCCC1NC(=O)NC(=O)C(C)=C(C)C(=O)O. The molecule has 1 aliphatic carbocycles. The second-order valence-electron chi connectivity index (χ2n) is 5.15. The first-order valence-corrected chi connectivity index (χ1v) is 8.21. The van der Waals surface area contributed by atoms with Crippen molar-refractivity contribution in [3.63, 3.8) is 0 Å². The fourth-order valence-electron chi connectivity index (χ4n) is 2.28. The molecule has 2 unspecified atom stereocenters. The van der Waals surface area contributed by atoms with E-state index in [1.165, 1.54) is 13.8 Å². The van der Waals surface area contributed by atoms with Crippen molar-refractivity contribution >= 4 is 29.7 Å². The number of carboxylic acid groups (broad SMARTS) is 1. The molecule has 0 spiro atoms. The Morgan fingerprint density at radius 2 is 1.71 bits per heavy atom. The molecule has 118 valence electrons. The van der Waals surface area contributed by atoms with Crippen LogP contribution in [0.5, 0.6) is 0 Å². The van der Waals surface area contributed by atoms with E-state index >= 15 is 0 Å². The Morgan fingerprint density at radius 1 is 1.10 bits per heavy atom. The first-order valence-electron chi connectivity index (χ1n) is 6.92. The second-order valence-corrected chi connectivity index (χ2v) is 6.22. The average molecular weight is 314 g/mol. The summed E-state index contributed by atoms with van der Waals surface area (Å²) in [4.78, 5) is 34.4. The molecule has 0 heterocycles. The highest BCUT2D eigenvalue weighted by Crippen LogP contribution is 2.26. The molecule has 0 aliphatic heterocycles. The molecule has 21 heavy (non-hydrogen) atoms. The van der Waals surface area contributed by atoms with Gasteiger partial charge in [0.05, 0.1) is 0 Å². The molecule has 2 atom stereocenters. The zero-order valence-corrected chi connectivity index (χ0v) is 13.4. The number of imide groups is 1. The van der Waals surface area contributed by atoms with Crippen molar-refractivity contribution in [3.8, 4) is 0 Å². The van der Waals surface area contributed by atoms with Crippen LogP contribution in [0.1, 0.15) is 39.5 Å². The minimum Gasteiger partial charge on any atom is -0.478 e. The van der Waals surface area contributed by atoms with Crippen LogP contribution in [-0.2, 0) is 9.59 Å². The van der Waals surface area contributed by atoms with Crippen LogP contribution >= 0.6 is 11.8 Å². The van der Waals surface area contributed by atoms with E-state index in [1.807, 2.05) is 6.26 Å². The molecule has 1 fully saturated rings. The van der Waals surface area contributed by atoms with Crippen molar-refractivity contribution in [3.05, 3.63) is 11.1 Å². The van der Waals surface area contributed by atoms with Crippen molar-refractivity contribution in [2.75, 3.05) is 6.26 Å². The van der Waals surface area contributed by atoms with Gasteiger partial charge >= 0.3 is 12.0 Å². The van der Waals surface area contributed by atoms with Gasteiger partial charge in [-0.25, -0.2) is 9.59 Å². The average Bonchev–Trinajstić information content (AvgIpc) is 2.45. The molecule has 1 saturated carbocycles. The molecule has 3 amide bonds. The van der Waals surface area contributed by atoms with Gasteiger partial charge in [-0.05, 0) is 32.9 Å². The number of carbonyl (C=O) groups excluding carboxylic acids is 2. The molecule has 0 saturated heterocycles. The van der Waals surface area contributed by atoms with Crippen LogP contribution in [0.3, 0.4) is 0 Å². The van der Waals surface area contributed by atoms with Gasteiger partial charge in [-0.2, -0.15) is 11.8 Å². The number of carbonyl (C=O) groups is 3. The van der Waals surface area contributed by atoms with Crippen molar-refractivity contribution in [2.45, 2.75) is 50.8 Å². The Labute approximate surface area is 128 Å². The maximum Gasteiger partial charge on any atom is 0.331 e. The Bertz CT molecular complexity index is 462. The van der Waals surface area contributed by atoms with Gasteiger partial charge < -0.3 is 10.4 Å². The largest absolute Gasteiger partial charge is 0.478 e. The molecule has 1 rings (SSSR count). The van der Waals surface area contributed by atoms with Gasteiger partial charge in [-0.3, -0.25) is 10.1 Å². The summed E-state index contributed by atoms with van der Waals surface area (Å²) in [7, 11) is 0. The predicted octanol–water partition coefficient (Wildman–Crippen LogP) is 1.91. The highest BCUT2D eigenvalue weighted by atomic mass is 32.2. The van der Waals surface area contributed by atoms with Crippen LogP contribution < -0.4 is 10.6 Å². The quantitative estimate of drug-likeness (QED) is 0.689. The second kappa shape index (κ2) is 8.07. The predicted molar refractivity (Wildman–Crippen MR) is 82.2 cm³/mol. The van der Waals surface area contributed by atoms with Crippen LogP contribution in [0.15, 0.2) is 11.1 Å². The number of carboxylic acids is 1. The Hall–Kier alpha value is -1.50. The molecular weight excluding hydrogens is 292 g/mol. The van der Waals surface area contributed by atoms with Gasteiger partial charge in [0.2, 0.25) is 0 Å². The number of aliphatic carboxylic acids is 1. The third-order valence-corrected chi connectivity index (χ3v) is 4.94. The highest BCUT2D eigenvalue weighted by molar-refractivity contribution is 7.99. The number of hydrogen-bond donors (Lipinski definition) is 3. The number of thioether (sulfide) groups is 1. The van der Waals surface area contributed by atoms with E-state index in [9.17, 15) is 14.4 Å². The summed E-state index contributed by atoms with van der Waals surface area (Å²) in [6.07, 6.45) is 6.18. The summed E-state index contributed by atoms with van der Waals surface area (Å²) in [5.74, 6) is -1.85.